The number of rotatable bonds is 6. The van der Waals surface area contributed by atoms with E-state index in [9.17, 15) is 9.90 Å². The first-order chi connectivity index (χ1) is 15.7. The van der Waals surface area contributed by atoms with E-state index < -0.39 is 0 Å². The van der Waals surface area contributed by atoms with Crippen molar-refractivity contribution in [2.75, 3.05) is 62.2 Å². The van der Waals surface area contributed by atoms with E-state index in [-0.39, 0.29) is 12.5 Å². The summed E-state index contributed by atoms with van der Waals surface area (Å²) in [5, 5.41) is 13.5. The number of nitrogens with zero attached hydrogens (tertiary/aromatic N) is 4. The largest absolute Gasteiger partial charge is 0.506 e. The van der Waals surface area contributed by atoms with Gasteiger partial charge in [-0.3, -0.25) is 9.79 Å². The predicted octanol–water partition coefficient (Wildman–Crippen LogP) is 2.30. The van der Waals surface area contributed by atoms with Gasteiger partial charge >= 0.3 is 0 Å². The Morgan fingerprint density at radius 1 is 1.06 bits per heavy atom. The number of para-hydroxylation sites is 4. The predicted molar refractivity (Wildman–Crippen MR) is 127 cm³/mol. The van der Waals surface area contributed by atoms with E-state index in [4.69, 9.17) is 9.73 Å². The molecule has 0 bridgehead atoms. The molecule has 8 heteroatoms. The molecule has 0 saturated carbocycles. The molecular formula is C24H31N5O3. The Morgan fingerprint density at radius 2 is 1.78 bits per heavy atom. The zero-order chi connectivity index (χ0) is 22.3. The van der Waals surface area contributed by atoms with E-state index in [1.54, 1.807) is 11.0 Å². The number of amides is 1. The van der Waals surface area contributed by atoms with Crippen molar-refractivity contribution in [3.63, 3.8) is 0 Å². The summed E-state index contributed by atoms with van der Waals surface area (Å²) in [5.41, 5.74) is 1.71. The second-order valence-corrected chi connectivity index (χ2v) is 7.85. The molecule has 170 valence electrons. The lowest BCUT2D eigenvalue weighted by Crippen LogP contribution is -2.52. The number of hydrogen-bond acceptors (Lipinski definition) is 5. The first kappa shape index (κ1) is 21.8. The summed E-state index contributed by atoms with van der Waals surface area (Å²) < 4.78 is 5.51. The highest BCUT2D eigenvalue weighted by molar-refractivity contribution is 5.97. The molecule has 0 aromatic heterocycles. The van der Waals surface area contributed by atoms with Crippen molar-refractivity contribution in [3.8, 4) is 11.5 Å². The number of phenolic OH excluding ortho intramolecular Hbond substituents is 1. The van der Waals surface area contributed by atoms with Crippen LogP contribution in [0.1, 0.15) is 13.3 Å². The van der Waals surface area contributed by atoms with Crippen LogP contribution in [0.15, 0.2) is 53.5 Å². The molecule has 32 heavy (non-hydrogen) atoms. The highest BCUT2D eigenvalue weighted by Crippen LogP contribution is 2.31. The minimum atomic E-state index is -0.0140. The third-order valence-corrected chi connectivity index (χ3v) is 5.75. The second-order valence-electron chi connectivity index (χ2n) is 7.85. The molecule has 2 aromatic rings. The van der Waals surface area contributed by atoms with E-state index in [2.05, 4.69) is 22.0 Å². The number of carbonyl (C=O) groups excluding carboxylic acids is 1. The van der Waals surface area contributed by atoms with Gasteiger partial charge in [-0.1, -0.05) is 24.3 Å². The molecule has 1 amide bonds. The van der Waals surface area contributed by atoms with Crippen LogP contribution in [0, 0.1) is 0 Å². The summed E-state index contributed by atoms with van der Waals surface area (Å²) in [6.45, 7) is 7.50. The number of anilines is 2. The van der Waals surface area contributed by atoms with Crippen LogP contribution in [0.2, 0.25) is 0 Å². The fourth-order valence-electron chi connectivity index (χ4n) is 4.13. The number of piperazine rings is 1. The first-order valence-corrected chi connectivity index (χ1v) is 11.3. The van der Waals surface area contributed by atoms with Crippen molar-refractivity contribution in [1.29, 1.82) is 0 Å². The quantitative estimate of drug-likeness (QED) is 0.410. The molecule has 0 unspecified atom stereocenters. The molecular weight excluding hydrogens is 406 g/mol. The van der Waals surface area contributed by atoms with Crippen LogP contribution in [0.5, 0.6) is 11.5 Å². The van der Waals surface area contributed by atoms with Gasteiger partial charge in [-0.25, -0.2) is 0 Å². The summed E-state index contributed by atoms with van der Waals surface area (Å²) in [6.07, 6.45) is 0.771. The Hall–Kier alpha value is -3.42. The van der Waals surface area contributed by atoms with E-state index in [1.165, 1.54) is 0 Å². The fraction of sp³-hybridized carbons (Fsp3) is 0.417. The minimum absolute atomic E-state index is 0.0140. The molecule has 8 nitrogen and oxygen atoms in total. The number of carbonyl (C=O) groups is 1. The Morgan fingerprint density at radius 3 is 2.53 bits per heavy atom. The number of aromatic hydroxyl groups is 1. The summed E-state index contributed by atoms with van der Waals surface area (Å²) in [4.78, 5) is 23.4. The lowest BCUT2D eigenvalue weighted by atomic mass is 10.2. The van der Waals surface area contributed by atoms with Gasteiger partial charge in [-0.15, -0.1) is 0 Å². The first-order valence-electron chi connectivity index (χ1n) is 11.3. The third-order valence-electron chi connectivity index (χ3n) is 5.75. The van der Waals surface area contributed by atoms with Crippen LogP contribution in [-0.4, -0.2) is 74.3 Å². The maximum absolute atomic E-state index is 12.3. The highest BCUT2D eigenvalue weighted by Gasteiger charge is 2.25. The lowest BCUT2D eigenvalue weighted by molar-refractivity contribution is -0.121. The lowest BCUT2D eigenvalue weighted by Gasteiger charge is -2.38. The third kappa shape index (κ3) is 4.90. The number of guanidine groups is 1. The minimum Gasteiger partial charge on any atom is -0.506 e. The maximum Gasteiger partial charge on any atom is 0.265 e. The van der Waals surface area contributed by atoms with Crippen LogP contribution in [0.25, 0.3) is 0 Å². The monoisotopic (exact) mass is 437 g/mol. The number of ether oxygens (including phenoxy) is 1. The van der Waals surface area contributed by atoms with Crippen molar-refractivity contribution in [2.24, 2.45) is 4.99 Å². The molecule has 2 aliphatic rings. The smallest absolute Gasteiger partial charge is 0.265 e. The second kappa shape index (κ2) is 10.3. The Labute approximate surface area is 189 Å². The van der Waals surface area contributed by atoms with Gasteiger partial charge in [0.2, 0.25) is 0 Å². The number of benzene rings is 2. The maximum atomic E-state index is 12.3. The van der Waals surface area contributed by atoms with Crippen LogP contribution in [-0.2, 0) is 4.79 Å². The molecule has 2 N–H and O–H groups in total. The Kier molecular flexibility index (Phi) is 6.99. The van der Waals surface area contributed by atoms with E-state index in [1.807, 2.05) is 42.5 Å². The van der Waals surface area contributed by atoms with Crippen LogP contribution >= 0.6 is 0 Å². The van der Waals surface area contributed by atoms with Gasteiger partial charge in [0.05, 0.1) is 11.4 Å². The van der Waals surface area contributed by atoms with Gasteiger partial charge in [0.15, 0.2) is 12.6 Å². The average molecular weight is 438 g/mol. The number of nitrogens with one attached hydrogen (secondary N) is 1. The molecule has 2 heterocycles. The van der Waals surface area contributed by atoms with Crippen molar-refractivity contribution in [3.05, 3.63) is 48.5 Å². The van der Waals surface area contributed by atoms with Gasteiger partial charge in [-0.2, -0.15) is 0 Å². The number of fused-ring (bicyclic) bond motifs is 1. The molecule has 2 aliphatic heterocycles. The van der Waals surface area contributed by atoms with Crippen LogP contribution < -0.4 is 19.9 Å². The Bertz CT molecular complexity index is 956. The van der Waals surface area contributed by atoms with Crippen LogP contribution in [0.3, 0.4) is 0 Å². The molecule has 0 spiro atoms. The van der Waals surface area contributed by atoms with Crippen molar-refractivity contribution in [1.82, 2.24) is 10.2 Å². The van der Waals surface area contributed by atoms with Gasteiger partial charge in [-0.05, 0) is 37.6 Å². The molecule has 0 radical (unpaired) electrons. The molecule has 1 saturated heterocycles. The molecule has 2 aromatic carbocycles. The summed E-state index contributed by atoms with van der Waals surface area (Å²) in [5.74, 6) is 1.96. The number of phenols is 1. The molecule has 1 fully saturated rings. The zero-order valence-corrected chi connectivity index (χ0v) is 18.5. The van der Waals surface area contributed by atoms with Crippen molar-refractivity contribution in [2.45, 2.75) is 13.3 Å². The fourth-order valence-corrected chi connectivity index (χ4v) is 4.13. The number of hydrogen-bond donors (Lipinski definition) is 2. The van der Waals surface area contributed by atoms with Crippen molar-refractivity contribution < 1.29 is 14.6 Å². The zero-order valence-electron chi connectivity index (χ0n) is 18.5. The standard InChI is InChI=1S/C24H31N5O3/c1-2-25-24(28-16-14-27(15-17-28)19-8-3-5-10-21(19)30)26-12-7-13-29-20-9-4-6-11-22(20)32-18-23(29)31/h3-6,8-11,30H,2,7,12-18H2,1H3,(H,25,26). The van der Waals surface area contributed by atoms with Gasteiger partial charge in [0.1, 0.15) is 11.5 Å². The summed E-state index contributed by atoms with van der Waals surface area (Å²) in [6, 6.07) is 15.1. The molecule has 4 rings (SSSR count). The van der Waals surface area contributed by atoms with Crippen molar-refractivity contribution >= 4 is 23.2 Å². The van der Waals surface area contributed by atoms with Gasteiger partial charge in [0.25, 0.3) is 5.91 Å². The highest BCUT2D eigenvalue weighted by atomic mass is 16.5. The van der Waals surface area contributed by atoms with Crippen LogP contribution in [0.4, 0.5) is 11.4 Å². The SMILES string of the molecule is CCNC(=NCCCN1C(=O)COc2ccccc21)N1CCN(c2ccccc2O)CC1. The normalized spacial score (nSPS) is 16.6. The topological polar surface area (TPSA) is 80.6 Å². The van der Waals surface area contributed by atoms with E-state index in [0.29, 0.717) is 18.8 Å². The van der Waals surface area contributed by atoms with E-state index in [0.717, 1.165) is 62.2 Å². The average Bonchev–Trinajstić information content (AvgIpc) is 2.83. The summed E-state index contributed by atoms with van der Waals surface area (Å²) >= 11 is 0. The Balaban J connectivity index is 1.32. The van der Waals surface area contributed by atoms with Gasteiger partial charge < -0.3 is 29.9 Å². The van der Waals surface area contributed by atoms with E-state index >= 15 is 0 Å². The molecule has 0 aliphatic carbocycles. The van der Waals surface area contributed by atoms with Gasteiger partial charge in [0, 0.05) is 45.8 Å². The summed E-state index contributed by atoms with van der Waals surface area (Å²) in [7, 11) is 0. The molecule has 0 atom stereocenters. The number of aliphatic imine (C=N–C) groups is 1.